The molecule has 1 aromatic rings. The molecule has 0 bridgehead atoms. The van der Waals surface area contributed by atoms with E-state index in [2.05, 4.69) is 15.5 Å². The van der Waals surface area contributed by atoms with Gasteiger partial charge in [-0.1, -0.05) is 11.6 Å². The van der Waals surface area contributed by atoms with Gasteiger partial charge in [-0.25, -0.2) is 4.39 Å². The Morgan fingerprint density at radius 2 is 2.16 bits per heavy atom. The third kappa shape index (κ3) is 4.16. The molecule has 1 heterocycles. The minimum absolute atomic E-state index is 0.139. The quantitative estimate of drug-likeness (QED) is 0.871. The van der Waals surface area contributed by atoms with Crippen molar-refractivity contribution in [3.8, 4) is 0 Å². The molecule has 0 aliphatic carbocycles. The zero-order valence-corrected chi connectivity index (χ0v) is 11.3. The third-order valence-corrected chi connectivity index (χ3v) is 3.41. The van der Waals surface area contributed by atoms with Crippen molar-refractivity contribution in [1.29, 1.82) is 0 Å². The highest BCUT2D eigenvalue weighted by molar-refractivity contribution is 6.33. The van der Waals surface area contributed by atoms with Crippen LogP contribution in [0, 0.1) is 5.82 Å². The highest BCUT2D eigenvalue weighted by atomic mass is 35.5. The van der Waals surface area contributed by atoms with Gasteiger partial charge < -0.3 is 10.6 Å². The van der Waals surface area contributed by atoms with E-state index in [-0.39, 0.29) is 10.9 Å². The summed E-state index contributed by atoms with van der Waals surface area (Å²) in [6.07, 6.45) is 0. The van der Waals surface area contributed by atoms with E-state index in [1.54, 1.807) is 0 Å². The number of carbonyl (C=O) groups excluding carboxylic acids is 1. The Labute approximate surface area is 116 Å². The number of halogens is 2. The first-order valence-corrected chi connectivity index (χ1v) is 6.71. The molecule has 1 fully saturated rings. The number of rotatable bonds is 4. The minimum atomic E-state index is -0.442. The number of nitrogens with zero attached hydrogens (tertiary/aromatic N) is 1. The van der Waals surface area contributed by atoms with Crippen molar-refractivity contribution in [2.75, 3.05) is 39.3 Å². The summed E-state index contributed by atoms with van der Waals surface area (Å²) in [6.45, 7) is 5.33. The van der Waals surface area contributed by atoms with Crippen molar-refractivity contribution in [2.24, 2.45) is 0 Å². The number of amides is 1. The first-order valence-electron chi connectivity index (χ1n) is 6.33. The predicted octanol–water partition coefficient (Wildman–Crippen LogP) is 1.11. The number of nitrogens with one attached hydrogen (secondary N) is 2. The summed E-state index contributed by atoms with van der Waals surface area (Å²) in [5, 5.41) is 6.21. The molecule has 104 valence electrons. The number of hydrogen-bond acceptors (Lipinski definition) is 3. The summed E-state index contributed by atoms with van der Waals surface area (Å²) >= 11 is 5.83. The molecule has 19 heavy (non-hydrogen) atoms. The molecule has 1 aliphatic heterocycles. The fraction of sp³-hybridized carbons (Fsp3) is 0.462. The van der Waals surface area contributed by atoms with E-state index >= 15 is 0 Å². The molecule has 4 nitrogen and oxygen atoms in total. The molecule has 0 saturated carbocycles. The Hall–Kier alpha value is -1.17. The number of hydrogen-bond donors (Lipinski definition) is 2. The Balaban J connectivity index is 1.80. The van der Waals surface area contributed by atoms with Crippen molar-refractivity contribution in [3.05, 3.63) is 34.6 Å². The summed E-state index contributed by atoms with van der Waals surface area (Å²) in [4.78, 5) is 14.2. The van der Waals surface area contributed by atoms with Gasteiger partial charge in [0.05, 0.1) is 10.6 Å². The summed E-state index contributed by atoms with van der Waals surface area (Å²) in [5.74, 6) is -0.706. The van der Waals surface area contributed by atoms with Crippen molar-refractivity contribution in [1.82, 2.24) is 15.5 Å². The summed E-state index contributed by atoms with van der Waals surface area (Å²) in [6, 6.07) is 3.78. The number of carbonyl (C=O) groups is 1. The highest BCUT2D eigenvalue weighted by Crippen LogP contribution is 2.16. The van der Waals surface area contributed by atoms with Gasteiger partial charge in [0.2, 0.25) is 0 Å². The van der Waals surface area contributed by atoms with Gasteiger partial charge in [-0.3, -0.25) is 9.69 Å². The van der Waals surface area contributed by atoms with Crippen LogP contribution in [0.25, 0.3) is 0 Å². The molecule has 1 amide bonds. The fourth-order valence-corrected chi connectivity index (χ4v) is 2.28. The van der Waals surface area contributed by atoms with Crippen LogP contribution in [0.3, 0.4) is 0 Å². The van der Waals surface area contributed by atoms with Gasteiger partial charge in [0.15, 0.2) is 0 Å². The van der Waals surface area contributed by atoms with Crippen molar-refractivity contribution >= 4 is 17.5 Å². The van der Waals surface area contributed by atoms with E-state index in [4.69, 9.17) is 11.6 Å². The Bertz CT molecular complexity index is 450. The fourth-order valence-electron chi connectivity index (χ4n) is 2.03. The molecular formula is C13H17ClFN3O. The zero-order chi connectivity index (χ0) is 13.7. The molecule has 0 spiro atoms. The molecule has 1 saturated heterocycles. The van der Waals surface area contributed by atoms with E-state index in [0.717, 1.165) is 38.8 Å². The van der Waals surface area contributed by atoms with E-state index in [1.165, 1.54) is 12.1 Å². The van der Waals surface area contributed by atoms with Crippen LogP contribution in [0.4, 0.5) is 4.39 Å². The lowest BCUT2D eigenvalue weighted by molar-refractivity contribution is 0.0947. The number of piperazine rings is 1. The SMILES string of the molecule is O=C(NCCN1CCNCC1)c1ccc(F)cc1Cl. The average molecular weight is 286 g/mol. The van der Waals surface area contributed by atoms with E-state index in [1.807, 2.05) is 0 Å². The lowest BCUT2D eigenvalue weighted by Gasteiger charge is -2.27. The van der Waals surface area contributed by atoms with Gasteiger partial charge >= 0.3 is 0 Å². The molecule has 0 radical (unpaired) electrons. The largest absolute Gasteiger partial charge is 0.351 e. The second-order valence-corrected chi connectivity index (χ2v) is 4.88. The summed E-state index contributed by atoms with van der Waals surface area (Å²) in [7, 11) is 0. The van der Waals surface area contributed by atoms with Crippen molar-refractivity contribution in [3.63, 3.8) is 0 Å². The topological polar surface area (TPSA) is 44.4 Å². The third-order valence-electron chi connectivity index (χ3n) is 3.10. The molecule has 2 rings (SSSR count). The van der Waals surface area contributed by atoms with Crippen LogP contribution in [0.1, 0.15) is 10.4 Å². The van der Waals surface area contributed by atoms with Gasteiger partial charge in [-0.15, -0.1) is 0 Å². The van der Waals surface area contributed by atoms with Crippen LogP contribution < -0.4 is 10.6 Å². The molecule has 0 atom stereocenters. The lowest BCUT2D eigenvalue weighted by atomic mass is 10.2. The molecular weight excluding hydrogens is 269 g/mol. The monoisotopic (exact) mass is 285 g/mol. The lowest BCUT2D eigenvalue weighted by Crippen LogP contribution is -2.46. The zero-order valence-electron chi connectivity index (χ0n) is 10.6. The second kappa shape index (κ2) is 6.84. The maximum Gasteiger partial charge on any atom is 0.252 e. The van der Waals surface area contributed by atoms with Crippen molar-refractivity contribution in [2.45, 2.75) is 0 Å². The first kappa shape index (κ1) is 14.2. The smallest absolute Gasteiger partial charge is 0.252 e. The van der Waals surface area contributed by atoms with Crippen LogP contribution in [0.15, 0.2) is 18.2 Å². The van der Waals surface area contributed by atoms with Gasteiger partial charge in [0.25, 0.3) is 5.91 Å². The maximum absolute atomic E-state index is 12.9. The average Bonchev–Trinajstić information content (AvgIpc) is 2.39. The van der Waals surface area contributed by atoms with Crippen LogP contribution in [-0.2, 0) is 0 Å². The summed E-state index contributed by atoms with van der Waals surface area (Å²) in [5.41, 5.74) is 0.309. The molecule has 1 aromatic carbocycles. The Morgan fingerprint density at radius 3 is 2.84 bits per heavy atom. The van der Waals surface area contributed by atoms with Gasteiger partial charge in [0.1, 0.15) is 5.82 Å². The van der Waals surface area contributed by atoms with Crippen LogP contribution in [-0.4, -0.2) is 50.1 Å². The molecule has 6 heteroatoms. The standard InChI is InChI=1S/C13H17ClFN3O/c14-12-9-10(15)1-2-11(12)13(19)17-5-8-18-6-3-16-4-7-18/h1-2,9,16H,3-8H2,(H,17,19). The van der Waals surface area contributed by atoms with E-state index < -0.39 is 5.82 Å². The minimum Gasteiger partial charge on any atom is -0.351 e. The Kier molecular flexibility index (Phi) is 5.13. The maximum atomic E-state index is 12.9. The van der Waals surface area contributed by atoms with Crippen LogP contribution in [0.5, 0.6) is 0 Å². The normalized spacial score (nSPS) is 16.3. The number of benzene rings is 1. The molecule has 0 unspecified atom stereocenters. The summed E-state index contributed by atoms with van der Waals surface area (Å²) < 4.78 is 12.9. The van der Waals surface area contributed by atoms with E-state index in [0.29, 0.717) is 12.1 Å². The van der Waals surface area contributed by atoms with Gasteiger partial charge in [-0.2, -0.15) is 0 Å². The van der Waals surface area contributed by atoms with Gasteiger partial charge in [0, 0.05) is 39.3 Å². The molecule has 0 aromatic heterocycles. The second-order valence-electron chi connectivity index (χ2n) is 4.47. The van der Waals surface area contributed by atoms with E-state index in [9.17, 15) is 9.18 Å². The van der Waals surface area contributed by atoms with Crippen LogP contribution in [0.2, 0.25) is 5.02 Å². The molecule has 2 N–H and O–H groups in total. The Morgan fingerprint density at radius 1 is 1.42 bits per heavy atom. The molecule has 1 aliphatic rings. The van der Waals surface area contributed by atoms with Gasteiger partial charge in [-0.05, 0) is 18.2 Å². The first-order chi connectivity index (χ1) is 9.16. The highest BCUT2D eigenvalue weighted by Gasteiger charge is 2.12. The van der Waals surface area contributed by atoms with Crippen LogP contribution >= 0.6 is 11.6 Å². The predicted molar refractivity (Wildman–Crippen MR) is 73.1 cm³/mol. The van der Waals surface area contributed by atoms with Crippen molar-refractivity contribution < 1.29 is 9.18 Å².